The largest absolute Gasteiger partial charge is 0.493 e. The number of hydrogen-bond donors (Lipinski definition) is 2. The summed E-state index contributed by atoms with van der Waals surface area (Å²) in [5, 5.41) is 0. The third kappa shape index (κ3) is 5.01. The smallest absolute Gasteiger partial charge is 0.266 e. The van der Waals surface area contributed by atoms with Crippen LogP contribution in [0.15, 0.2) is 29.2 Å². The molecule has 142 valence electrons. The Balaban J connectivity index is 2.11. The van der Waals surface area contributed by atoms with Crippen LogP contribution in [-0.4, -0.2) is 28.0 Å². The summed E-state index contributed by atoms with van der Waals surface area (Å²) >= 11 is 12.5. The molecule has 0 saturated heterocycles. The first-order chi connectivity index (χ1) is 12.3. The number of carbonyl (C=O) groups is 1. The minimum Gasteiger partial charge on any atom is -0.493 e. The molecule has 1 aromatic heterocycles. The molecule has 1 amide bonds. The second-order valence-electron chi connectivity index (χ2n) is 4.96. The molecule has 0 aliphatic carbocycles. The van der Waals surface area contributed by atoms with E-state index < -0.39 is 15.9 Å². The topological polar surface area (TPSA) is 93.7 Å². The number of ether oxygens (including phenoxy) is 2. The third-order valence-corrected chi connectivity index (χ3v) is 6.10. The Morgan fingerprint density at radius 2 is 1.96 bits per heavy atom. The van der Waals surface area contributed by atoms with Gasteiger partial charge >= 0.3 is 0 Å². The van der Waals surface area contributed by atoms with Crippen LogP contribution in [0.3, 0.4) is 0 Å². The monoisotopic (exact) mass is 438 g/mol. The Morgan fingerprint density at radius 3 is 2.54 bits per heavy atom. The zero-order valence-corrected chi connectivity index (χ0v) is 17.0. The van der Waals surface area contributed by atoms with Crippen molar-refractivity contribution < 1.29 is 22.7 Å². The molecule has 2 aromatic rings. The summed E-state index contributed by atoms with van der Waals surface area (Å²) in [4.78, 5) is 14.0. The number of rotatable bonds is 8. The van der Waals surface area contributed by atoms with E-state index >= 15 is 0 Å². The number of hydrazine groups is 1. The van der Waals surface area contributed by atoms with Crippen molar-refractivity contribution >= 4 is 50.5 Å². The minimum absolute atomic E-state index is 0.00385. The van der Waals surface area contributed by atoms with E-state index in [1.165, 1.54) is 25.3 Å². The number of amides is 1. The van der Waals surface area contributed by atoms with Crippen molar-refractivity contribution in [2.45, 2.75) is 18.2 Å². The first-order valence-corrected chi connectivity index (χ1v) is 10.4. The van der Waals surface area contributed by atoms with Crippen molar-refractivity contribution in [3.63, 3.8) is 0 Å². The highest BCUT2D eigenvalue weighted by Crippen LogP contribution is 2.34. The highest BCUT2D eigenvalue weighted by Gasteiger charge is 2.22. The Morgan fingerprint density at radius 1 is 1.23 bits per heavy atom. The summed E-state index contributed by atoms with van der Waals surface area (Å²) in [5.41, 5.74) is 2.30. The molecule has 0 spiro atoms. The first-order valence-electron chi connectivity index (χ1n) is 7.36. The van der Waals surface area contributed by atoms with Crippen LogP contribution in [-0.2, 0) is 10.0 Å². The lowest BCUT2D eigenvalue weighted by molar-refractivity contribution is 0.0944. The van der Waals surface area contributed by atoms with E-state index in [-0.39, 0.29) is 19.1 Å². The van der Waals surface area contributed by atoms with Gasteiger partial charge < -0.3 is 9.47 Å². The lowest BCUT2D eigenvalue weighted by atomic mass is 10.2. The number of hydrogen-bond acceptors (Lipinski definition) is 6. The van der Waals surface area contributed by atoms with Gasteiger partial charge in [-0.3, -0.25) is 10.2 Å². The average molecular weight is 439 g/mol. The predicted molar refractivity (Wildman–Crippen MR) is 101 cm³/mol. The molecule has 0 radical (unpaired) electrons. The average Bonchev–Trinajstić information content (AvgIpc) is 2.97. The van der Waals surface area contributed by atoms with Gasteiger partial charge in [-0.15, -0.1) is 16.2 Å². The summed E-state index contributed by atoms with van der Waals surface area (Å²) < 4.78 is 35.3. The van der Waals surface area contributed by atoms with Gasteiger partial charge in [0.1, 0.15) is 9.23 Å². The molecule has 7 nitrogen and oxygen atoms in total. The van der Waals surface area contributed by atoms with Crippen molar-refractivity contribution in [3.8, 4) is 11.5 Å². The van der Waals surface area contributed by atoms with Crippen molar-refractivity contribution in [3.05, 3.63) is 38.5 Å². The molecule has 0 unspecified atom stereocenters. The van der Waals surface area contributed by atoms with Crippen LogP contribution in [0, 0.1) is 0 Å². The number of benzene rings is 1. The minimum atomic E-state index is -4.05. The highest BCUT2D eigenvalue weighted by molar-refractivity contribution is 7.89. The lowest BCUT2D eigenvalue weighted by Gasteiger charge is -2.12. The van der Waals surface area contributed by atoms with Gasteiger partial charge in [0.05, 0.1) is 18.1 Å². The lowest BCUT2D eigenvalue weighted by Crippen LogP contribution is -2.41. The fourth-order valence-corrected chi connectivity index (χ4v) is 4.88. The van der Waals surface area contributed by atoms with Gasteiger partial charge in [-0.05, 0) is 30.7 Å². The number of nitrogens with one attached hydrogen (secondary N) is 2. The Hall–Kier alpha value is -1.52. The molecule has 26 heavy (non-hydrogen) atoms. The molecule has 1 aromatic carbocycles. The van der Waals surface area contributed by atoms with Gasteiger partial charge in [-0.1, -0.05) is 30.1 Å². The van der Waals surface area contributed by atoms with Crippen LogP contribution in [0.4, 0.5) is 0 Å². The summed E-state index contributed by atoms with van der Waals surface area (Å²) in [6.45, 7) is 2.47. The van der Waals surface area contributed by atoms with E-state index in [1.807, 2.05) is 11.8 Å². The molecule has 0 atom stereocenters. The Kier molecular flexibility index (Phi) is 7.13. The maximum Gasteiger partial charge on any atom is 0.266 e. The second kappa shape index (κ2) is 8.92. The summed E-state index contributed by atoms with van der Waals surface area (Å²) in [6, 6.07) is 5.72. The van der Waals surface area contributed by atoms with Gasteiger partial charge in [0.2, 0.25) is 0 Å². The number of halogens is 2. The van der Waals surface area contributed by atoms with Crippen LogP contribution < -0.4 is 19.7 Å². The van der Waals surface area contributed by atoms with E-state index in [1.54, 1.807) is 6.07 Å². The molecule has 0 fully saturated rings. The van der Waals surface area contributed by atoms with Crippen LogP contribution in [0.5, 0.6) is 11.5 Å². The van der Waals surface area contributed by atoms with Crippen molar-refractivity contribution in [1.29, 1.82) is 0 Å². The molecule has 11 heteroatoms. The van der Waals surface area contributed by atoms with Crippen molar-refractivity contribution in [2.24, 2.45) is 0 Å². The van der Waals surface area contributed by atoms with E-state index in [2.05, 4.69) is 5.43 Å². The second-order valence-corrected chi connectivity index (χ2v) is 8.90. The molecule has 0 aliphatic heterocycles. The van der Waals surface area contributed by atoms with Gasteiger partial charge in [-0.2, -0.15) is 0 Å². The third-order valence-electron chi connectivity index (χ3n) is 3.10. The molecule has 0 aliphatic rings. The maximum absolute atomic E-state index is 12.2. The zero-order valence-electron chi connectivity index (χ0n) is 13.8. The molecule has 0 saturated carbocycles. The maximum atomic E-state index is 12.2. The van der Waals surface area contributed by atoms with Gasteiger partial charge in [-0.25, -0.2) is 8.42 Å². The quantitative estimate of drug-likeness (QED) is 0.615. The van der Waals surface area contributed by atoms with Gasteiger partial charge in [0.15, 0.2) is 11.5 Å². The van der Waals surface area contributed by atoms with Crippen molar-refractivity contribution in [1.82, 2.24) is 10.3 Å². The van der Waals surface area contributed by atoms with Crippen LogP contribution >= 0.6 is 34.5 Å². The zero-order chi connectivity index (χ0) is 19.3. The molecule has 2 rings (SSSR count). The van der Waals surface area contributed by atoms with E-state index in [9.17, 15) is 13.2 Å². The van der Waals surface area contributed by atoms with Crippen LogP contribution in [0.2, 0.25) is 8.67 Å². The van der Waals surface area contributed by atoms with E-state index in [0.717, 1.165) is 17.8 Å². The van der Waals surface area contributed by atoms with Crippen molar-refractivity contribution in [2.75, 3.05) is 13.7 Å². The number of carbonyl (C=O) groups excluding carboxylic acids is 1. The summed E-state index contributed by atoms with van der Waals surface area (Å²) in [6.07, 6.45) is 0.822. The molecular formula is C15H16Cl2N2O5S2. The number of sulfonamides is 1. The predicted octanol–water partition coefficient (Wildman–Crippen LogP) is 3.48. The fourth-order valence-electron chi connectivity index (χ4n) is 1.89. The number of methoxy groups -OCH3 is 1. The van der Waals surface area contributed by atoms with Crippen LogP contribution in [0.1, 0.15) is 23.7 Å². The van der Waals surface area contributed by atoms with Gasteiger partial charge in [0.25, 0.3) is 15.9 Å². The number of thiophene rings is 1. The Bertz CT molecular complexity index is 899. The SMILES string of the molecule is CCCOc1ccc(C(=O)NNS(=O)(=O)c2cc(Cl)sc2Cl)cc1OC. The van der Waals surface area contributed by atoms with E-state index in [0.29, 0.717) is 18.1 Å². The first kappa shape index (κ1) is 20.8. The molecule has 0 bridgehead atoms. The Labute approximate surface area is 165 Å². The highest BCUT2D eigenvalue weighted by atomic mass is 35.5. The molecule has 1 heterocycles. The summed E-state index contributed by atoms with van der Waals surface area (Å²) in [5.74, 6) is 0.180. The normalized spacial score (nSPS) is 11.2. The standard InChI is InChI=1S/C15H16Cl2N2O5S2/c1-3-6-24-10-5-4-9(7-11(10)23-2)15(20)18-19-26(21,22)12-8-13(16)25-14(12)17/h4-5,7-8,19H,3,6H2,1-2H3,(H,18,20). The molecular weight excluding hydrogens is 423 g/mol. The van der Waals surface area contributed by atoms with Gasteiger partial charge in [0, 0.05) is 5.56 Å². The molecule has 2 N–H and O–H groups in total. The summed E-state index contributed by atoms with van der Waals surface area (Å²) in [7, 11) is -2.61. The fraction of sp³-hybridized carbons (Fsp3) is 0.267. The van der Waals surface area contributed by atoms with Crippen LogP contribution in [0.25, 0.3) is 0 Å². The van der Waals surface area contributed by atoms with E-state index in [4.69, 9.17) is 32.7 Å².